The summed E-state index contributed by atoms with van der Waals surface area (Å²) >= 11 is 0. The second-order valence-electron chi connectivity index (χ2n) is 26.5. The zero-order valence-corrected chi connectivity index (χ0v) is 57.1. The first kappa shape index (κ1) is 77.7. The van der Waals surface area contributed by atoms with Crippen LogP contribution in [0.3, 0.4) is 0 Å². The molecule has 4 N–H and O–H groups in total. The minimum absolute atomic E-state index is 0. The summed E-state index contributed by atoms with van der Waals surface area (Å²) in [6, 6.07) is -12.0. The summed E-state index contributed by atoms with van der Waals surface area (Å²) in [6.07, 6.45) is 0.189. The predicted molar refractivity (Wildman–Crippen MR) is 341 cm³/mol. The molecule has 1 rings (SSSR count). The number of rotatable bonds is 16. The highest BCUT2D eigenvalue weighted by molar-refractivity contribution is 5.99. The molecule has 0 bridgehead atoms. The molecule has 0 radical (unpaired) electrons. The fraction of sp³-hybridized carbons (Fsp3) is 0.794. The van der Waals surface area contributed by atoms with Crippen LogP contribution in [0.1, 0.15) is 169 Å². The van der Waals surface area contributed by atoms with Crippen LogP contribution in [0.15, 0.2) is 12.3 Å². The Labute approximate surface area is 521 Å². The molecule has 1 fully saturated rings. The number of nitrogens with zero attached hydrogens (tertiary/aromatic N) is 7. The largest absolute Gasteiger partial charge is 0.493 e. The summed E-state index contributed by atoms with van der Waals surface area (Å²) in [6.45, 7) is 35.3. The van der Waals surface area contributed by atoms with E-state index in [0.29, 0.717) is 6.42 Å². The van der Waals surface area contributed by atoms with Crippen molar-refractivity contribution in [3.63, 3.8) is 0 Å². The van der Waals surface area contributed by atoms with Crippen molar-refractivity contribution >= 4 is 65.0 Å². The summed E-state index contributed by atoms with van der Waals surface area (Å²) < 4.78 is 6.30. The molecule has 0 aliphatic carbocycles. The Balaban J connectivity index is -0.00000924. The molecule has 23 heteroatoms. The van der Waals surface area contributed by atoms with Gasteiger partial charge in [0.25, 0.3) is 0 Å². The first-order chi connectivity index (χ1) is 39.6. The Hall–Kier alpha value is -6.29. The molecule has 500 valence electrons. The summed E-state index contributed by atoms with van der Waals surface area (Å²) in [7, 11) is 10.1. The maximum absolute atomic E-state index is 15.3. The molecule has 1 heterocycles. The standard InChI is InChI=1S/C63H113N11O12.4H2/c1-27-41(17)53(86-40(15)16)52-57(79)66-44(28-2)59(81)68(20)33-49(75)69(21)45(29-34(3)4)56(78)67-50(38(11)12)62(84)70(22)46(30-35(5)6)55(77)64-42(18)54(76)65-43(19)58(80)71(23)47(31-36(7)8)60(82)72(24)48(32-37(9)10)61(83)73(25)51(39(13)14)63(85)74(52)26;;;;/h34-39,41-48,50-53H,15,27-33H2,1-14,16-26H3,(H,64,77)(H,65,76)(H,66,79)(H,67,78);4*1H/t41-,42+,43-,44+,45+,46+,47+,48+,50+,51+,52?,53-;;;;/m1..../s1. The van der Waals surface area contributed by atoms with Crippen LogP contribution in [0.2, 0.25) is 0 Å². The van der Waals surface area contributed by atoms with Crippen molar-refractivity contribution < 1.29 is 63.2 Å². The number of hydrogen-bond acceptors (Lipinski definition) is 12. The maximum Gasteiger partial charge on any atom is 0.247 e. The summed E-state index contributed by atoms with van der Waals surface area (Å²) in [5.74, 6) is -8.83. The molecular formula is C63H121N11O12. The molecule has 1 saturated heterocycles. The van der Waals surface area contributed by atoms with E-state index in [9.17, 15) is 33.6 Å². The molecular weight excluding hydrogens is 1100 g/mol. The highest BCUT2D eigenvalue weighted by Crippen LogP contribution is 2.27. The van der Waals surface area contributed by atoms with Gasteiger partial charge in [-0.3, -0.25) is 52.7 Å². The van der Waals surface area contributed by atoms with E-state index >= 15 is 19.2 Å². The Morgan fingerprint density at radius 3 is 1.31 bits per heavy atom. The molecule has 86 heavy (non-hydrogen) atoms. The van der Waals surface area contributed by atoms with E-state index in [1.807, 2.05) is 69.2 Å². The lowest BCUT2D eigenvalue weighted by Crippen LogP contribution is -2.64. The number of carbonyl (C=O) groups excluding carboxylic acids is 11. The molecule has 23 nitrogen and oxygen atoms in total. The van der Waals surface area contributed by atoms with Gasteiger partial charge in [-0.1, -0.05) is 110 Å². The van der Waals surface area contributed by atoms with Crippen LogP contribution in [-0.4, -0.2) is 222 Å². The molecule has 1 aliphatic rings. The number of likely N-dealkylation sites (N-methyl/N-ethyl adjacent to an activating group) is 7. The lowest BCUT2D eigenvalue weighted by Gasteiger charge is -2.42. The first-order valence-electron chi connectivity index (χ1n) is 31.0. The van der Waals surface area contributed by atoms with E-state index in [2.05, 4.69) is 27.8 Å². The van der Waals surface area contributed by atoms with Gasteiger partial charge in [0.1, 0.15) is 66.5 Å². The Bertz CT molecular complexity index is 2380. The van der Waals surface area contributed by atoms with E-state index in [1.54, 1.807) is 41.5 Å². The fourth-order valence-corrected chi connectivity index (χ4v) is 10.8. The van der Waals surface area contributed by atoms with Gasteiger partial charge in [0.05, 0.1) is 12.3 Å². The Morgan fingerprint density at radius 1 is 0.477 bits per heavy atom. The number of carbonyl (C=O) groups is 11. The van der Waals surface area contributed by atoms with E-state index in [1.165, 1.54) is 92.6 Å². The number of hydrogen-bond donors (Lipinski definition) is 4. The lowest BCUT2D eigenvalue weighted by molar-refractivity contribution is -0.158. The minimum Gasteiger partial charge on any atom is -0.493 e. The fourth-order valence-electron chi connectivity index (χ4n) is 10.8. The lowest BCUT2D eigenvalue weighted by atomic mass is 9.91. The monoisotopic (exact) mass is 1220 g/mol. The van der Waals surface area contributed by atoms with Crippen molar-refractivity contribution in [1.82, 2.24) is 55.6 Å². The zero-order chi connectivity index (χ0) is 66.8. The summed E-state index contributed by atoms with van der Waals surface area (Å²) in [5, 5.41) is 11.1. The molecule has 12 atom stereocenters. The van der Waals surface area contributed by atoms with Gasteiger partial charge in [-0.15, -0.1) is 0 Å². The molecule has 0 aromatic rings. The van der Waals surface area contributed by atoms with Gasteiger partial charge in [0.15, 0.2) is 0 Å². The third-order valence-corrected chi connectivity index (χ3v) is 16.3. The quantitative estimate of drug-likeness (QED) is 0.144. The normalized spacial score (nSPS) is 26.5. The minimum atomic E-state index is -1.41. The average molecular weight is 1220 g/mol. The number of allylic oxidation sites excluding steroid dienone is 1. The molecule has 11 amide bonds. The van der Waals surface area contributed by atoms with Gasteiger partial charge < -0.3 is 60.3 Å². The van der Waals surface area contributed by atoms with Crippen LogP contribution >= 0.6 is 0 Å². The van der Waals surface area contributed by atoms with Crippen LogP contribution in [0.4, 0.5) is 0 Å². The second-order valence-corrected chi connectivity index (χ2v) is 26.5. The van der Waals surface area contributed by atoms with Crippen LogP contribution in [0.5, 0.6) is 0 Å². The molecule has 0 aromatic heterocycles. The average Bonchev–Trinajstić information content (AvgIpc) is 1.20. The zero-order valence-electron chi connectivity index (χ0n) is 57.1. The van der Waals surface area contributed by atoms with Gasteiger partial charge in [0, 0.05) is 55.0 Å². The van der Waals surface area contributed by atoms with Crippen molar-refractivity contribution in [2.45, 2.75) is 230 Å². The SMILES string of the molecule is C=C(C)O[C@@H](C1C(=O)N[C@@H](CC)C(=O)N(C)CC(=O)N(C)[C@@H](CC(C)C)C(=O)N[C@@H](C(C)C)C(=O)N(C)[C@@H](CC(C)C)C(=O)N[C@@H](C)C(=O)N[C@H](C)C(=O)N(C)[C@@H](CC(C)C)C(=O)N(C)[C@@H](CC(C)C)C(=O)N(C)[C@@H](C(C)C)C(=O)N1C)[C@H](C)CC.[HH].[HH].[HH].[HH]. The van der Waals surface area contributed by atoms with Gasteiger partial charge in [-0.25, -0.2) is 0 Å². The molecule has 1 aliphatic heterocycles. The van der Waals surface area contributed by atoms with Gasteiger partial charge in [-0.2, -0.15) is 0 Å². The van der Waals surface area contributed by atoms with Crippen LogP contribution in [0, 0.1) is 41.4 Å². The van der Waals surface area contributed by atoms with Crippen molar-refractivity contribution in [3.8, 4) is 0 Å². The van der Waals surface area contributed by atoms with Gasteiger partial charge in [-0.05, 0) is 101 Å². The number of ether oxygens (including phenoxy) is 1. The topological polar surface area (TPSA) is 268 Å². The first-order valence-corrected chi connectivity index (χ1v) is 31.0. The van der Waals surface area contributed by atoms with Crippen LogP contribution < -0.4 is 21.3 Å². The summed E-state index contributed by atoms with van der Waals surface area (Å²) in [5.41, 5.74) is 0. The van der Waals surface area contributed by atoms with Gasteiger partial charge >= 0.3 is 0 Å². The third kappa shape index (κ3) is 21.5. The van der Waals surface area contributed by atoms with Crippen molar-refractivity contribution in [1.29, 1.82) is 0 Å². The number of amides is 11. The molecule has 0 aromatic carbocycles. The third-order valence-electron chi connectivity index (χ3n) is 16.3. The van der Waals surface area contributed by atoms with E-state index in [0.717, 1.165) is 4.90 Å². The predicted octanol–water partition coefficient (Wildman–Crippen LogP) is 5.25. The smallest absolute Gasteiger partial charge is 0.247 e. The number of nitrogens with one attached hydrogen (secondary N) is 4. The van der Waals surface area contributed by atoms with Crippen LogP contribution in [-0.2, 0) is 57.5 Å². The Morgan fingerprint density at radius 2 is 0.884 bits per heavy atom. The van der Waals surface area contributed by atoms with E-state index in [-0.39, 0.29) is 73.2 Å². The highest BCUT2D eigenvalue weighted by atomic mass is 16.5. The molecule has 1 unspecified atom stereocenters. The van der Waals surface area contributed by atoms with Crippen molar-refractivity contribution in [3.05, 3.63) is 12.3 Å². The molecule has 0 saturated carbocycles. The van der Waals surface area contributed by atoms with E-state index in [4.69, 9.17) is 4.74 Å². The second kappa shape index (κ2) is 34.9. The van der Waals surface area contributed by atoms with Gasteiger partial charge in [0.2, 0.25) is 65.0 Å². The summed E-state index contributed by atoms with van der Waals surface area (Å²) in [4.78, 5) is 170. The van der Waals surface area contributed by atoms with Crippen LogP contribution in [0.25, 0.3) is 0 Å². The maximum atomic E-state index is 15.3. The van der Waals surface area contributed by atoms with Crippen molar-refractivity contribution in [2.24, 2.45) is 41.4 Å². The van der Waals surface area contributed by atoms with Crippen molar-refractivity contribution in [2.75, 3.05) is 55.9 Å². The Kier molecular flexibility index (Phi) is 31.5. The van der Waals surface area contributed by atoms with E-state index < -0.39 is 150 Å². The molecule has 0 spiro atoms. The highest BCUT2D eigenvalue weighted by Gasteiger charge is 2.46.